The van der Waals surface area contributed by atoms with Crippen LogP contribution in [0.1, 0.15) is 42.1 Å². The van der Waals surface area contributed by atoms with Crippen LogP contribution >= 0.6 is 11.8 Å². The Morgan fingerprint density at radius 2 is 2.00 bits per heavy atom. The van der Waals surface area contributed by atoms with Crippen molar-refractivity contribution in [2.75, 3.05) is 6.26 Å². The van der Waals surface area contributed by atoms with E-state index >= 15 is 0 Å². The lowest BCUT2D eigenvalue weighted by Gasteiger charge is -2.07. The van der Waals surface area contributed by atoms with Crippen LogP contribution in [0, 0.1) is 0 Å². The van der Waals surface area contributed by atoms with Gasteiger partial charge in [-0.25, -0.2) is 4.99 Å². The Morgan fingerprint density at radius 1 is 1.21 bits per heavy atom. The number of unbranched alkanes of at least 4 members (excludes halogenated alkanes) is 2. The van der Waals surface area contributed by atoms with Crippen LogP contribution < -0.4 is 5.32 Å². The van der Waals surface area contributed by atoms with Gasteiger partial charge >= 0.3 is 0 Å². The maximum atomic E-state index is 12.4. The monoisotopic (exact) mass is 341 g/mol. The van der Waals surface area contributed by atoms with Crippen molar-refractivity contribution in [3.63, 3.8) is 0 Å². The van der Waals surface area contributed by atoms with Crippen molar-refractivity contribution in [3.8, 4) is 0 Å². The number of nitrogens with zero attached hydrogens (tertiary/aromatic N) is 2. The van der Waals surface area contributed by atoms with Gasteiger partial charge < -0.3 is 5.32 Å². The Labute approximate surface area is 147 Å². The van der Waals surface area contributed by atoms with Gasteiger partial charge in [-0.2, -0.15) is 0 Å². The molecule has 0 aliphatic heterocycles. The molecule has 0 saturated carbocycles. The number of aliphatic imine (C=N–C) groups is 1. The van der Waals surface area contributed by atoms with Gasteiger partial charge in [-0.1, -0.05) is 43.7 Å². The first-order chi connectivity index (χ1) is 11.7. The third kappa shape index (κ3) is 5.81. The predicted octanol–water partition coefficient (Wildman–Crippen LogP) is 4.59. The molecule has 1 amide bonds. The van der Waals surface area contributed by atoms with Crippen molar-refractivity contribution >= 4 is 28.5 Å². The summed E-state index contributed by atoms with van der Waals surface area (Å²) >= 11 is 1.39. The zero-order valence-electron chi connectivity index (χ0n) is 14.2. The molecule has 0 saturated heterocycles. The van der Waals surface area contributed by atoms with E-state index in [-0.39, 0.29) is 5.91 Å². The van der Waals surface area contributed by atoms with Gasteiger partial charge in [0.2, 0.25) is 0 Å². The van der Waals surface area contributed by atoms with Crippen LogP contribution in [0.15, 0.2) is 53.8 Å². The minimum absolute atomic E-state index is 0.146. The van der Waals surface area contributed by atoms with Crippen molar-refractivity contribution in [1.82, 2.24) is 10.3 Å². The number of hydrogen-bond acceptors (Lipinski definition) is 4. The lowest BCUT2D eigenvalue weighted by atomic mass is 10.1. The van der Waals surface area contributed by atoms with E-state index in [1.54, 1.807) is 12.4 Å². The van der Waals surface area contributed by atoms with Gasteiger partial charge in [0, 0.05) is 11.8 Å². The highest BCUT2D eigenvalue weighted by molar-refractivity contribution is 8.13. The summed E-state index contributed by atoms with van der Waals surface area (Å²) in [5.74, 6) is -0.146. The summed E-state index contributed by atoms with van der Waals surface area (Å²) in [6.07, 6.45) is 9.95. The molecule has 126 valence electrons. The van der Waals surface area contributed by atoms with Gasteiger partial charge in [0.05, 0.1) is 11.9 Å². The van der Waals surface area contributed by atoms with Crippen molar-refractivity contribution in [2.24, 2.45) is 4.99 Å². The second-order valence-electron chi connectivity index (χ2n) is 5.44. The second kappa shape index (κ2) is 9.88. The molecule has 1 aromatic heterocycles. The first-order valence-electron chi connectivity index (χ1n) is 8.16. The van der Waals surface area contributed by atoms with E-state index in [0.29, 0.717) is 16.4 Å². The normalized spacial score (nSPS) is 11.3. The van der Waals surface area contributed by atoms with Crippen LogP contribution in [-0.4, -0.2) is 22.3 Å². The zero-order chi connectivity index (χ0) is 17.2. The lowest BCUT2D eigenvalue weighted by Crippen LogP contribution is -2.28. The topological polar surface area (TPSA) is 54.4 Å². The maximum Gasteiger partial charge on any atom is 0.257 e. The van der Waals surface area contributed by atoms with Gasteiger partial charge in [0.25, 0.3) is 5.91 Å². The molecule has 4 nitrogen and oxygen atoms in total. The summed E-state index contributed by atoms with van der Waals surface area (Å²) in [5, 5.41) is 3.41. The number of amidine groups is 1. The number of pyridine rings is 1. The van der Waals surface area contributed by atoms with E-state index in [0.717, 1.165) is 6.42 Å². The fourth-order valence-electron chi connectivity index (χ4n) is 2.23. The fourth-order valence-corrected chi connectivity index (χ4v) is 2.62. The minimum Gasteiger partial charge on any atom is -0.301 e. The quantitative estimate of drug-likeness (QED) is 0.475. The zero-order valence-corrected chi connectivity index (χ0v) is 15.0. The summed E-state index contributed by atoms with van der Waals surface area (Å²) < 4.78 is 0. The molecule has 0 bridgehead atoms. The SMILES string of the molecule is CCCCCc1ccc(C(=O)NC(=Nc2cccnc2)SC)cc1. The molecule has 0 aliphatic rings. The number of rotatable bonds is 6. The Balaban J connectivity index is 1.99. The number of hydrogen-bond donors (Lipinski definition) is 1. The van der Waals surface area contributed by atoms with E-state index in [2.05, 4.69) is 22.2 Å². The summed E-state index contributed by atoms with van der Waals surface area (Å²) in [6.45, 7) is 2.20. The molecule has 1 aromatic carbocycles. The number of nitrogens with one attached hydrogen (secondary N) is 1. The van der Waals surface area contributed by atoms with E-state index in [1.807, 2.05) is 42.7 Å². The Morgan fingerprint density at radius 3 is 2.62 bits per heavy atom. The third-order valence-electron chi connectivity index (χ3n) is 3.58. The number of aryl methyl sites for hydroxylation is 1. The molecule has 2 rings (SSSR count). The summed E-state index contributed by atoms with van der Waals surface area (Å²) in [4.78, 5) is 20.8. The van der Waals surface area contributed by atoms with Gasteiger partial charge in [-0.15, -0.1) is 0 Å². The van der Waals surface area contributed by atoms with E-state index in [1.165, 1.54) is 36.6 Å². The van der Waals surface area contributed by atoms with Gasteiger partial charge in [0.15, 0.2) is 5.17 Å². The van der Waals surface area contributed by atoms with E-state index in [9.17, 15) is 4.79 Å². The van der Waals surface area contributed by atoms with Crippen molar-refractivity contribution in [2.45, 2.75) is 32.6 Å². The molecule has 1 N–H and O–H groups in total. The van der Waals surface area contributed by atoms with E-state index in [4.69, 9.17) is 0 Å². The molecule has 0 spiro atoms. The first kappa shape index (κ1) is 18.2. The second-order valence-corrected chi connectivity index (χ2v) is 6.24. The third-order valence-corrected chi connectivity index (χ3v) is 4.16. The molecule has 0 aliphatic carbocycles. The number of amides is 1. The summed E-state index contributed by atoms with van der Waals surface area (Å²) in [6, 6.07) is 11.5. The molecule has 0 unspecified atom stereocenters. The Bertz CT molecular complexity index is 669. The molecular weight excluding hydrogens is 318 g/mol. The summed E-state index contributed by atoms with van der Waals surface area (Å²) in [5.41, 5.74) is 2.63. The Hall–Kier alpha value is -2.14. The number of carbonyl (C=O) groups is 1. The lowest BCUT2D eigenvalue weighted by molar-refractivity contribution is 0.0978. The number of thioether (sulfide) groups is 1. The van der Waals surface area contributed by atoms with Crippen molar-refractivity contribution < 1.29 is 4.79 Å². The van der Waals surface area contributed by atoms with Crippen LogP contribution in [0.25, 0.3) is 0 Å². The highest BCUT2D eigenvalue weighted by Gasteiger charge is 2.08. The molecule has 0 radical (unpaired) electrons. The molecule has 0 atom stereocenters. The summed E-state index contributed by atoms with van der Waals surface area (Å²) in [7, 11) is 0. The standard InChI is InChI=1S/C19H23N3OS/c1-3-4-5-7-15-9-11-16(12-10-15)18(23)22-19(24-2)21-17-8-6-13-20-14-17/h6,8-14H,3-5,7H2,1-2H3,(H,21,22,23). The van der Waals surface area contributed by atoms with Crippen LogP contribution in [0.5, 0.6) is 0 Å². The average Bonchev–Trinajstić information content (AvgIpc) is 2.62. The predicted molar refractivity (Wildman–Crippen MR) is 102 cm³/mol. The highest BCUT2D eigenvalue weighted by atomic mass is 32.2. The van der Waals surface area contributed by atoms with Gasteiger partial charge in [-0.3, -0.25) is 9.78 Å². The number of benzene rings is 1. The van der Waals surface area contributed by atoms with Crippen molar-refractivity contribution in [1.29, 1.82) is 0 Å². The molecule has 2 aromatic rings. The average molecular weight is 341 g/mol. The van der Waals surface area contributed by atoms with Crippen LogP contribution in [0.2, 0.25) is 0 Å². The van der Waals surface area contributed by atoms with Crippen LogP contribution in [0.3, 0.4) is 0 Å². The van der Waals surface area contributed by atoms with Crippen molar-refractivity contribution in [3.05, 3.63) is 59.9 Å². The molecule has 0 fully saturated rings. The van der Waals surface area contributed by atoms with Crippen LogP contribution in [-0.2, 0) is 6.42 Å². The number of aromatic nitrogens is 1. The van der Waals surface area contributed by atoms with Gasteiger partial charge in [0.1, 0.15) is 0 Å². The van der Waals surface area contributed by atoms with E-state index < -0.39 is 0 Å². The fraction of sp³-hybridized carbons (Fsp3) is 0.316. The van der Waals surface area contributed by atoms with Crippen LogP contribution in [0.4, 0.5) is 5.69 Å². The Kier molecular flexibility index (Phi) is 7.49. The molecular formula is C19H23N3OS. The smallest absolute Gasteiger partial charge is 0.257 e. The minimum atomic E-state index is -0.146. The molecule has 5 heteroatoms. The maximum absolute atomic E-state index is 12.4. The molecule has 1 heterocycles. The first-order valence-corrected chi connectivity index (χ1v) is 9.38. The highest BCUT2D eigenvalue weighted by Crippen LogP contribution is 2.12. The van der Waals surface area contributed by atoms with Gasteiger partial charge in [-0.05, 0) is 48.9 Å². The number of carbonyl (C=O) groups excluding carboxylic acids is 1. The molecule has 24 heavy (non-hydrogen) atoms. The largest absolute Gasteiger partial charge is 0.301 e.